The predicted molar refractivity (Wildman–Crippen MR) is 80.6 cm³/mol. The van der Waals surface area contributed by atoms with Gasteiger partial charge in [0.1, 0.15) is 0 Å². The molecule has 98 valence electrons. The van der Waals surface area contributed by atoms with Crippen molar-refractivity contribution in [2.24, 2.45) is 5.73 Å². The molecule has 1 aromatic heterocycles. The molecule has 1 aromatic carbocycles. The predicted octanol–water partition coefficient (Wildman–Crippen LogP) is 2.67. The Labute approximate surface area is 117 Å². The molecule has 19 heavy (non-hydrogen) atoms. The Morgan fingerprint density at radius 2 is 2.11 bits per heavy atom. The van der Waals surface area contributed by atoms with E-state index in [1.165, 1.54) is 20.9 Å². The van der Waals surface area contributed by atoms with Crippen molar-refractivity contribution in [2.45, 2.75) is 24.3 Å². The highest BCUT2D eigenvalue weighted by molar-refractivity contribution is 7.15. The van der Waals surface area contributed by atoms with E-state index in [2.05, 4.69) is 48.6 Å². The summed E-state index contributed by atoms with van der Waals surface area (Å²) in [6, 6.07) is 13.4. The molecule has 2 atom stereocenters. The largest absolute Gasteiger partial charge is 0.323 e. The van der Waals surface area contributed by atoms with Crippen molar-refractivity contribution in [1.29, 1.82) is 0 Å². The molecule has 1 aliphatic heterocycles. The van der Waals surface area contributed by atoms with Crippen LogP contribution in [0, 0.1) is 6.92 Å². The van der Waals surface area contributed by atoms with Gasteiger partial charge in [0.05, 0.1) is 0 Å². The second kappa shape index (κ2) is 3.69. The standard InChI is InChI=1S/C16H18N2S/c1-11-5-6-14(19-11)12-3-2-4-13(7-12)15-8-16(15,17)10-18-9-15/h2-7,18H,8-10,17H2,1H3. The van der Waals surface area contributed by atoms with Gasteiger partial charge in [0, 0.05) is 33.8 Å². The Morgan fingerprint density at radius 3 is 2.74 bits per heavy atom. The Morgan fingerprint density at radius 1 is 1.21 bits per heavy atom. The van der Waals surface area contributed by atoms with Gasteiger partial charge >= 0.3 is 0 Å². The number of hydrogen-bond acceptors (Lipinski definition) is 3. The van der Waals surface area contributed by atoms with Gasteiger partial charge in [-0.25, -0.2) is 0 Å². The molecule has 0 spiro atoms. The second-order valence-corrected chi connectivity index (χ2v) is 7.30. The second-order valence-electron chi connectivity index (χ2n) is 6.01. The molecule has 4 rings (SSSR count). The maximum absolute atomic E-state index is 6.45. The van der Waals surface area contributed by atoms with E-state index in [9.17, 15) is 0 Å². The van der Waals surface area contributed by atoms with Gasteiger partial charge in [-0.05, 0) is 42.7 Å². The monoisotopic (exact) mass is 270 g/mol. The summed E-state index contributed by atoms with van der Waals surface area (Å²) < 4.78 is 0. The highest BCUT2D eigenvalue weighted by Gasteiger charge is 2.68. The van der Waals surface area contributed by atoms with Crippen LogP contribution >= 0.6 is 11.3 Å². The van der Waals surface area contributed by atoms with Crippen molar-refractivity contribution in [3.8, 4) is 10.4 Å². The van der Waals surface area contributed by atoms with E-state index in [1.54, 1.807) is 0 Å². The van der Waals surface area contributed by atoms with Gasteiger partial charge in [-0.15, -0.1) is 11.3 Å². The van der Waals surface area contributed by atoms with Crippen molar-refractivity contribution in [3.63, 3.8) is 0 Å². The lowest BCUT2D eigenvalue weighted by molar-refractivity contribution is 0.651. The van der Waals surface area contributed by atoms with Crippen LogP contribution in [0.1, 0.15) is 16.9 Å². The number of piperidine rings is 1. The minimum atomic E-state index is -0.00299. The van der Waals surface area contributed by atoms with E-state index in [0.717, 1.165) is 19.5 Å². The fourth-order valence-electron chi connectivity index (χ4n) is 3.51. The quantitative estimate of drug-likeness (QED) is 0.880. The van der Waals surface area contributed by atoms with Crippen LogP contribution in [-0.2, 0) is 5.41 Å². The number of aryl methyl sites for hydroxylation is 1. The minimum Gasteiger partial charge on any atom is -0.323 e. The van der Waals surface area contributed by atoms with Crippen LogP contribution in [0.4, 0.5) is 0 Å². The Bertz CT molecular complexity index is 644. The summed E-state index contributed by atoms with van der Waals surface area (Å²) in [5, 5.41) is 3.44. The number of fused-ring (bicyclic) bond motifs is 1. The van der Waals surface area contributed by atoms with Gasteiger partial charge in [0.2, 0.25) is 0 Å². The average Bonchev–Trinajstić information content (AvgIpc) is 2.74. The van der Waals surface area contributed by atoms with Gasteiger partial charge in [0.25, 0.3) is 0 Å². The summed E-state index contributed by atoms with van der Waals surface area (Å²) in [6.45, 7) is 4.13. The third kappa shape index (κ3) is 1.55. The summed E-state index contributed by atoms with van der Waals surface area (Å²) in [5.41, 5.74) is 9.37. The molecule has 2 unspecified atom stereocenters. The van der Waals surface area contributed by atoms with Crippen LogP contribution in [0.5, 0.6) is 0 Å². The number of thiophene rings is 1. The fraction of sp³-hybridized carbons (Fsp3) is 0.375. The van der Waals surface area contributed by atoms with E-state index in [0.29, 0.717) is 0 Å². The van der Waals surface area contributed by atoms with Crippen molar-refractivity contribution in [1.82, 2.24) is 5.32 Å². The molecule has 1 saturated carbocycles. The molecule has 2 fully saturated rings. The van der Waals surface area contributed by atoms with E-state index in [1.807, 2.05) is 11.3 Å². The lowest BCUT2D eigenvalue weighted by atomic mass is 9.91. The zero-order chi connectivity index (χ0) is 13.1. The van der Waals surface area contributed by atoms with Crippen LogP contribution in [-0.4, -0.2) is 18.6 Å². The highest BCUT2D eigenvalue weighted by Crippen LogP contribution is 2.58. The maximum Gasteiger partial charge on any atom is 0.0401 e. The maximum atomic E-state index is 6.45. The van der Waals surface area contributed by atoms with Crippen LogP contribution in [0.3, 0.4) is 0 Å². The highest BCUT2D eigenvalue weighted by atomic mass is 32.1. The molecule has 2 nitrogen and oxygen atoms in total. The topological polar surface area (TPSA) is 38.0 Å². The third-order valence-electron chi connectivity index (χ3n) is 4.75. The summed E-state index contributed by atoms with van der Waals surface area (Å²) in [7, 11) is 0. The molecular weight excluding hydrogens is 252 g/mol. The van der Waals surface area contributed by atoms with Crippen LogP contribution < -0.4 is 11.1 Å². The van der Waals surface area contributed by atoms with Crippen LogP contribution in [0.25, 0.3) is 10.4 Å². The molecule has 0 bridgehead atoms. The average molecular weight is 270 g/mol. The zero-order valence-electron chi connectivity index (χ0n) is 11.1. The molecule has 2 aromatic rings. The van der Waals surface area contributed by atoms with Gasteiger partial charge < -0.3 is 11.1 Å². The third-order valence-corrected chi connectivity index (χ3v) is 5.80. The Kier molecular flexibility index (Phi) is 2.26. The molecule has 2 heterocycles. The SMILES string of the molecule is Cc1ccc(-c2cccc(C34CNCC3(N)C4)c2)s1. The number of nitrogens with two attached hydrogens (primary N) is 1. The molecule has 1 aliphatic carbocycles. The van der Waals surface area contributed by atoms with E-state index >= 15 is 0 Å². The molecule has 3 heteroatoms. The van der Waals surface area contributed by atoms with Crippen molar-refractivity contribution in [3.05, 3.63) is 46.8 Å². The first-order valence-corrected chi connectivity index (χ1v) is 7.62. The normalized spacial score (nSPS) is 32.3. The number of benzene rings is 1. The summed E-state index contributed by atoms with van der Waals surface area (Å²) >= 11 is 1.86. The minimum absolute atomic E-state index is 0.00299. The first-order valence-electron chi connectivity index (χ1n) is 6.80. The van der Waals surface area contributed by atoms with E-state index < -0.39 is 0 Å². The lowest BCUT2D eigenvalue weighted by Crippen LogP contribution is -2.32. The molecule has 0 radical (unpaired) electrons. The van der Waals surface area contributed by atoms with Gasteiger partial charge in [-0.1, -0.05) is 18.2 Å². The first-order chi connectivity index (χ1) is 9.13. The van der Waals surface area contributed by atoms with Gasteiger partial charge in [-0.3, -0.25) is 0 Å². The number of rotatable bonds is 2. The molecular formula is C16H18N2S. The van der Waals surface area contributed by atoms with Crippen LogP contribution in [0.15, 0.2) is 36.4 Å². The lowest BCUT2D eigenvalue weighted by Gasteiger charge is -2.15. The first kappa shape index (κ1) is 11.6. The van der Waals surface area contributed by atoms with Gasteiger partial charge in [0.15, 0.2) is 0 Å². The Hall–Kier alpha value is -1.16. The summed E-state index contributed by atoms with van der Waals surface area (Å²) in [4.78, 5) is 2.71. The molecule has 1 saturated heterocycles. The van der Waals surface area contributed by atoms with E-state index in [4.69, 9.17) is 5.73 Å². The summed E-state index contributed by atoms with van der Waals surface area (Å²) in [6.07, 6.45) is 1.12. The fourth-order valence-corrected chi connectivity index (χ4v) is 4.38. The Balaban J connectivity index is 1.76. The molecule has 0 amide bonds. The van der Waals surface area contributed by atoms with Crippen molar-refractivity contribution < 1.29 is 0 Å². The smallest absolute Gasteiger partial charge is 0.0401 e. The number of nitrogens with one attached hydrogen (secondary N) is 1. The zero-order valence-corrected chi connectivity index (χ0v) is 11.9. The molecule has 3 N–H and O–H groups in total. The van der Waals surface area contributed by atoms with E-state index in [-0.39, 0.29) is 11.0 Å². The van der Waals surface area contributed by atoms with Crippen LogP contribution in [0.2, 0.25) is 0 Å². The van der Waals surface area contributed by atoms with Crippen molar-refractivity contribution >= 4 is 11.3 Å². The van der Waals surface area contributed by atoms with Crippen molar-refractivity contribution in [2.75, 3.05) is 13.1 Å². The number of hydrogen-bond donors (Lipinski definition) is 2. The van der Waals surface area contributed by atoms with Gasteiger partial charge in [-0.2, -0.15) is 0 Å². The summed E-state index contributed by atoms with van der Waals surface area (Å²) in [5.74, 6) is 0. The molecule has 2 aliphatic rings.